The lowest BCUT2D eigenvalue weighted by molar-refractivity contribution is -0.530. The lowest BCUT2D eigenvalue weighted by atomic mass is 9.86. The van der Waals surface area contributed by atoms with E-state index in [0.29, 0.717) is 0 Å². The highest BCUT2D eigenvalue weighted by Crippen LogP contribution is 2.25. The van der Waals surface area contributed by atoms with Gasteiger partial charge >= 0.3 is 0 Å². The Morgan fingerprint density at radius 2 is 1.77 bits per heavy atom. The van der Waals surface area contributed by atoms with Crippen molar-refractivity contribution >= 4 is 6.34 Å². The van der Waals surface area contributed by atoms with Crippen molar-refractivity contribution in [2.24, 2.45) is 5.41 Å². The largest absolute Gasteiger partial charge is 0.392 e. The molecule has 1 aliphatic heterocycles. The fraction of sp³-hybridized carbons (Fsp3) is 0.632. The highest BCUT2D eigenvalue weighted by molar-refractivity contribution is 5.51. The summed E-state index contributed by atoms with van der Waals surface area (Å²) in [5, 5.41) is 9.74. The van der Waals surface area contributed by atoms with Crippen LogP contribution in [0.15, 0.2) is 12.1 Å². The molecule has 3 heteroatoms. The molecular formula is C19H31N2O+. The molecule has 2 rings (SSSR count). The molecule has 0 fully saturated rings. The lowest BCUT2D eigenvalue weighted by Gasteiger charge is -2.30. The van der Waals surface area contributed by atoms with Gasteiger partial charge in [-0.1, -0.05) is 38.5 Å². The highest BCUT2D eigenvalue weighted by atomic mass is 16.3. The van der Waals surface area contributed by atoms with Gasteiger partial charge in [0.1, 0.15) is 25.7 Å². The van der Waals surface area contributed by atoms with Crippen LogP contribution in [0.4, 0.5) is 0 Å². The van der Waals surface area contributed by atoms with Gasteiger partial charge < -0.3 is 5.11 Å². The second-order valence-electron chi connectivity index (χ2n) is 7.77. The molecule has 1 atom stereocenters. The van der Waals surface area contributed by atoms with Crippen LogP contribution < -0.4 is 0 Å². The molecule has 0 saturated carbocycles. The van der Waals surface area contributed by atoms with Gasteiger partial charge in [0.25, 0.3) is 0 Å². The van der Waals surface area contributed by atoms with E-state index in [-0.39, 0.29) is 18.1 Å². The molecule has 1 heterocycles. The summed E-state index contributed by atoms with van der Waals surface area (Å²) in [4.78, 5) is 2.30. The maximum Gasteiger partial charge on any atom is 0.235 e. The standard InChI is InChI=1S/C19H31N2O/c1-14-9-15(2)17(16(3)10-14)11-20-7-8-21(13-20)18(12-22)19(4,5)6/h9-10,13,18,22H,7-8,11-12H2,1-6H3/q+1/t18-/m1/s1. The molecule has 0 saturated heterocycles. The first-order chi connectivity index (χ1) is 10.2. The average Bonchev–Trinajstić information content (AvgIpc) is 2.81. The minimum atomic E-state index is 0.0803. The van der Waals surface area contributed by atoms with Gasteiger partial charge in [-0.3, -0.25) is 9.48 Å². The Hall–Kier alpha value is -1.35. The first-order valence-corrected chi connectivity index (χ1v) is 8.24. The first kappa shape index (κ1) is 17.0. The molecule has 0 amide bonds. The third-order valence-electron chi connectivity index (χ3n) is 4.73. The molecule has 3 nitrogen and oxygen atoms in total. The van der Waals surface area contributed by atoms with Crippen molar-refractivity contribution in [2.45, 2.75) is 54.1 Å². The fourth-order valence-electron chi connectivity index (χ4n) is 3.46. The highest BCUT2D eigenvalue weighted by Gasteiger charge is 2.36. The normalized spacial score (nSPS) is 16.9. The maximum absolute atomic E-state index is 9.74. The average molecular weight is 303 g/mol. The third kappa shape index (κ3) is 3.70. The number of hydrogen-bond donors (Lipinski definition) is 1. The summed E-state index contributed by atoms with van der Waals surface area (Å²) < 4.78 is 2.37. The van der Waals surface area contributed by atoms with E-state index in [1.54, 1.807) is 0 Å². The van der Waals surface area contributed by atoms with Gasteiger partial charge in [-0.25, -0.2) is 0 Å². The van der Waals surface area contributed by atoms with Crippen LogP contribution in [-0.2, 0) is 6.54 Å². The fourth-order valence-corrected chi connectivity index (χ4v) is 3.46. The Bertz CT molecular complexity index is 546. The molecule has 1 aromatic carbocycles. The van der Waals surface area contributed by atoms with Crippen LogP contribution >= 0.6 is 0 Å². The van der Waals surface area contributed by atoms with E-state index in [1.807, 2.05) is 0 Å². The molecule has 0 aliphatic carbocycles. The summed E-state index contributed by atoms with van der Waals surface area (Å²) in [6, 6.07) is 4.71. The van der Waals surface area contributed by atoms with Gasteiger partial charge in [0.05, 0.1) is 6.61 Å². The van der Waals surface area contributed by atoms with Crippen LogP contribution in [0.3, 0.4) is 0 Å². The molecule has 1 N–H and O–H groups in total. The molecule has 0 unspecified atom stereocenters. The minimum absolute atomic E-state index is 0.0803. The van der Waals surface area contributed by atoms with E-state index < -0.39 is 0 Å². The van der Waals surface area contributed by atoms with Crippen LogP contribution in [0.2, 0.25) is 0 Å². The van der Waals surface area contributed by atoms with Gasteiger partial charge in [-0.2, -0.15) is 0 Å². The van der Waals surface area contributed by atoms with E-state index in [9.17, 15) is 5.11 Å². The zero-order chi connectivity index (χ0) is 16.5. The van der Waals surface area contributed by atoms with Crippen molar-refractivity contribution in [2.75, 3.05) is 19.7 Å². The van der Waals surface area contributed by atoms with Crippen LogP contribution in [0.5, 0.6) is 0 Å². The van der Waals surface area contributed by atoms with Gasteiger partial charge in [0.2, 0.25) is 6.34 Å². The van der Waals surface area contributed by atoms with Gasteiger partial charge in [0.15, 0.2) is 0 Å². The summed E-state index contributed by atoms with van der Waals surface area (Å²) in [6.07, 6.45) is 2.21. The van der Waals surface area contributed by atoms with Crippen molar-refractivity contribution in [3.8, 4) is 0 Å². The van der Waals surface area contributed by atoms with Gasteiger partial charge in [-0.05, 0) is 37.5 Å². The van der Waals surface area contributed by atoms with Crippen molar-refractivity contribution in [3.05, 3.63) is 34.4 Å². The predicted molar refractivity (Wildman–Crippen MR) is 92.6 cm³/mol. The van der Waals surface area contributed by atoms with E-state index in [0.717, 1.165) is 19.6 Å². The van der Waals surface area contributed by atoms with Crippen LogP contribution in [0, 0.1) is 26.2 Å². The molecule has 0 spiro atoms. The smallest absolute Gasteiger partial charge is 0.235 e. The summed E-state index contributed by atoms with van der Waals surface area (Å²) >= 11 is 0. The van der Waals surface area contributed by atoms with Crippen LogP contribution in [0.25, 0.3) is 0 Å². The van der Waals surface area contributed by atoms with Crippen molar-refractivity contribution < 1.29 is 9.68 Å². The third-order valence-corrected chi connectivity index (χ3v) is 4.73. The SMILES string of the molecule is Cc1cc(C)c(C[N+]2=CN([C@H](CO)C(C)(C)C)CC2)c(C)c1. The molecule has 0 bridgehead atoms. The van der Waals surface area contributed by atoms with Gasteiger partial charge in [0, 0.05) is 5.41 Å². The molecule has 0 radical (unpaired) electrons. The first-order valence-electron chi connectivity index (χ1n) is 8.24. The number of nitrogens with zero attached hydrogens (tertiary/aromatic N) is 2. The molecular weight excluding hydrogens is 272 g/mol. The van der Waals surface area contributed by atoms with Crippen LogP contribution in [-0.4, -0.2) is 46.7 Å². The second-order valence-corrected chi connectivity index (χ2v) is 7.77. The number of aliphatic hydroxyl groups excluding tert-OH is 1. The van der Waals surface area contributed by atoms with Gasteiger partial charge in [-0.15, -0.1) is 0 Å². The number of aryl methyl sites for hydroxylation is 3. The van der Waals surface area contributed by atoms with E-state index in [1.165, 1.54) is 22.3 Å². The quantitative estimate of drug-likeness (QED) is 0.866. The van der Waals surface area contributed by atoms with E-state index >= 15 is 0 Å². The minimum Gasteiger partial charge on any atom is -0.392 e. The zero-order valence-corrected chi connectivity index (χ0v) is 15.0. The summed E-state index contributed by atoms with van der Waals surface area (Å²) in [5.74, 6) is 0. The number of aliphatic hydroxyl groups is 1. The number of hydrogen-bond acceptors (Lipinski definition) is 2. The predicted octanol–water partition coefficient (Wildman–Crippen LogP) is 2.88. The molecule has 1 aliphatic rings. The lowest BCUT2D eigenvalue weighted by Crippen LogP contribution is -2.45. The Balaban J connectivity index is 2.17. The van der Waals surface area contributed by atoms with Crippen LogP contribution in [0.1, 0.15) is 43.0 Å². The van der Waals surface area contributed by atoms with E-state index in [4.69, 9.17) is 0 Å². The van der Waals surface area contributed by atoms with Crippen molar-refractivity contribution in [1.29, 1.82) is 0 Å². The van der Waals surface area contributed by atoms with E-state index in [2.05, 4.69) is 69.5 Å². The molecule has 1 aromatic rings. The molecule has 22 heavy (non-hydrogen) atoms. The summed E-state index contributed by atoms with van der Waals surface area (Å²) in [7, 11) is 0. The summed E-state index contributed by atoms with van der Waals surface area (Å²) in [5.41, 5.74) is 5.59. The Kier molecular flexibility index (Phi) is 4.96. The number of rotatable bonds is 4. The summed E-state index contributed by atoms with van der Waals surface area (Å²) in [6.45, 7) is 16.3. The second kappa shape index (κ2) is 6.41. The van der Waals surface area contributed by atoms with Crippen molar-refractivity contribution in [3.63, 3.8) is 0 Å². The number of benzene rings is 1. The topological polar surface area (TPSA) is 26.5 Å². The Morgan fingerprint density at radius 1 is 1.18 bits per heavy atom. The Morgan fingerprint density at radius 3 is 2.27 bits per heavy atom. The maximum atomic E-state index is 9.74. The zero-order valence-electron chi connectivity index (χ0n) is 15.0. The molecule has 0 aromatic heterocycles. The Labute approximate surface area is 135 Å². The molecule has 122 valence electrons. The monoisotopic (exact) mass is 303 g/mol. The van der Waals surface area contributed by atoms with Crippen molar-refractivity contribution in [1.82, 2.24) is 4.90 Å².